The molecule has 8 nitrogen and oxygen atoms in total. The van der Waals surface area contributed by atoms with Crippen LogP contribution < -0.4 is 10.2 Å². The third kappa shape index (κ3) is 50.2. The summed E-state index contributed by atoms with van der Waals surface area (Å²) in [6.45, 7) is 4.60. The number of hydrogen-bond acceptors (Lipinski definition) is 6. The average Bonchev–Trinajstić information content (AvgIpc) is 3.26. The highest BCUT2D eigenvalue weighted by molar-refractivity contribution is 7.45. The monoisotopic (exact) mass is 935 g/mol. The van der Waals surface area contributed by atoms with Gasteiger partial charge in [-0.05, 0) is 64.2 Å². The molecule has 0 fully saturated rings. The van der Waals surface area contributed by atoms with Gasteiger partial charge in [0.2, 0.25) is 5.91 Å². The Balaban J connectivity index is 4.24. The lowest BCUT2D eigenvalue weighted by atomic mass is 10.0. The molecule has 3 atom stereocenters. The van der Waals surface area contributed by atoms with E-state index < -0.39 is 26.6 Å². The number of aliphatic hydroxyl groups excluding tert-OH is 1. The molecule has 0 aliphatic carbocycles. The summed E-state index contributed by atoms with van der Waals surface area (Å²) in [5, 5.41) is 13.8. The van der Waals surface area contributed by atoms with Gasteiger partial charge in [-0.2, -0.15) is 0 Å². The van der Waals surface area contributed by atoms with E-state index in [2.05, 4.69) is 55.6 Å². The summed E-state index contributed by atoms with van der Waals surface area (Å²) in [4.78, 5) is 25.4. The number of likely N-dealkylation sites (N-methyl/N-ethyl adjacent to an activating group) is 1. The maximum absolute atomic E-state index is 12.9. The SMILES string of the molecule is CCCCC/C=C\C/C=C\CCCCCCCC(=O)NC(COP(=O)([O-])OCC[N+](C)(C)C)C(O)/C=C/CC/C=C/CCCCCCCCCCCCCCCCCCCCCCCC. The van der Waals surface area contributed by atoms with Gasteiger partial charge in [-0.3, -0.25) is 9.36 Å². The third-order valence-electron chi connectivity index (χ3n) is 12.3. The fraction of sp³-hybridized carbons (Fsp3) is 0.839. The number of unbranched alkanes of at least 4 members (excludes halogenated alkanes) is 31. The van der Waals surface area contributed by atoms with Gasteiger partial charge in [-0.1, -0.05) is 229 Å². The van der Waals surface area contributed by atoms with E-state index in [1.165, 1.54) is 167 Å². The van der Waals surface area contributed by atoms with Gasteiger partial charge in [-0.25, -0.2) is 0 Å². The van der Waals surface area contributed by atoms with Crippen LogP contribution in [-0.2, 0) is 18.4 Å². The molecule has 0 aliphatic rings. The second-order valence-electron chi connectivity index (χ2n) is 19.9. The number of aliphatic hydroxyl groups is 1. The molecule has 0 saturated heterocycles. The topological polar surface area (TPSA) is 108 Å². The maximum Gasteiger partial charge on any atom is 0.268 e. The molecule has 3 unspecified atom stereocenters. The molecule has 0 rings (SSSR count). The van der Waals surface area contributed by atoms with Crippen molar-refractivity contribution >= 4 is 13.7 Å². The minimum Gasteiger partial charge on any atom is -0.756 e. The van der Waals surface area contributed by atoms with Crippen molar-refractivity contribution in [1.29, 1.82) is 0 Å². The number of rotatable bonds is 50. The van der Waals surface area contributed by atoms with Crippen molar-refractivity contribution < 1.29 is 32.9 Å². The van der Waals surface area contributed by atoms with E-state index in [0.29, 0.717) is 17.4 Å². The molecule has 0 heterocycles. The first-order chi connectivity index (χ1) is 31.5. The Morgan fingerprint density at radius 2 is 0.908 bits per heavy atom. The second-order valence-corrected chi connectivity index (χ2v) is 21.3. The number of phosphoric ester groups is 1. The van der Waals surface area contributed by atoms with E-state index in [-0.39, 0.29) is 12.5 Å². The van der Waals surface area contributed by atoms with Gasteiger partial charge < -0.3 is 28.8 Å². The zero-order valence-corrected chi connectivity index (χ0v) is 44.3. The molecule has 2 N–H and O–H groups in total. The van der Waals surface area contributed by atoms with Crippen molar-refractivity contribution in [2.45, 2.75) is 264 Å². The molecule has 0 aliphatic heterocycles. The van der Waals surface area contributed by atoms with Crippen LogP contribution in [0.2, 0.25) is 0 Å². The summed E-state index contributed by atoms with van der Waals surface area (Å²) >= 11 is 0. The van der Waals surface area contributed by atoms with Crippen molar-refractivity contribution in [3.05, 3.63) is 48.6 Å². The second kappa shape index (κ2) is 47.5. The Hall–Kier alpha value is -1.54. The summed E-state index contributed by atoms with van der Waals surface area (Å²) in [7, 11) is 1.23. The number of amides is 1. The van der Waals surface area contributed by atoms with E-state index in [1.54, 1.807) is 6.08 Å². The summed E-state index contributed by atoms with van der Waals surface area (Å²) in [6, 6.07) is -0.912. The number of carbonyl (C=O) groups is 1. The van der Waals surface area contributed by atoms with Crippen LogP contribution in [0.1, 0.15) is 251 Å². The van der Waals surface area contributed by atoms with Crippen molar-refractivity contribution in [3.8, 4) is 0 Å². The van der Waals surface area contributed by atoms with E-state index in [0.717, 1.165) is 64.2 Å². The number of nitrogens with one attached hydrogen (secondary N) is 1. The molecule has 0 aromatic carbocycles. The Bertz CT molecular complexity index is 1200. The normalized spacial score (nSPS) is 14.4. The molecule has 0 saturated carbocycles. The Kier molecular flexibility index (Phi) is 46.4. The van der Waals surface area contributed by atoms with Crippen molar-refractivity contribution in [3.63, 3.8) is 0 Å². The van der Waals surface area contributed by atoms with Crippen LogP contribution in [0.3, 0.4) is 0 Å². The molecule has 0 aromatic heterocycles. The average molecular weight is 935 g/mol. The first-order valence-electron chi connectivity index (χ1n) is 27.5. The van der Waals surface area contributed by atoms with Crippen molar-refractivity contribution in [2.24, 2.45) is 0 Å². The largest absolute Gasteiger partial charge is 0.756 e. The Morgan fingerprint density at radius 1 is 0.538 bits per heavy atom. The van der Waals surface area contributed by atoms with Crippen LogP contribution in [0.4, 0.5) is 0 Å². The zero-order chi connectivity index (χ0) is 47.8. The first-order valence-corrected chi connectivity index (χ1v) is 29.0. The van der Waals surface area contributed by atoms with Crippen LogP contribution in [0.15, 0.2) is 48.6 Å². The molecule has 0 radical (unpaired) electrons. The molecule has 0 aromatic rings. The molecular formula is C56H107N2O6P. The molecule has 0 bridgehead atoms. The van der Waals surface area contributed by atoms with Gasteiger partial charge >= 0.3 is 0 Å². The van der Waals surface area contributed by atoms with Gasteiger partial charge in [0, 0.05) is 6.42 Å². The molecular weight excluding hydrogens is 828 g/mol. The number of allylic oxidation sites excluding steroid dienone is 7. The van der Waals surface area contributed by atoms with Crippen LogP contribution in [-0.4, -0.2) is 68.5 Å². The van der Waals surface area contributed by atoms with Gasteiger partial charge in [0.05, 0.1) is 39.9 Å². The van der Waals surface area contributed by atoms with Gasteiger partial charge in [0.25, 0.3) is 7.82 Å². The molecule has 382 valence electrons. The Morgan fingerprint density at radius 3 is 1.37 bits per heavy atom. The molecule has 1 amide bonds. The highest BCUT2D eigenvalue weighted by atomic mass is 31.2. The van der Waals surface area contributed by atoms with Gasteiger partial charge in [-0.15, -0.1) is 0 Å². The lowest BCUT2D eigenvalue weighted by Gasteiger charge is -2.29. The summed E-state index contributed by atoms with van der Waals surface area (Å²) in [5.41, 5.74) is 0. The fourth-order valence-corrected chi connectivity index (χ4v) is 8.63. The smallest absolute Gasteiger partial charge is 0.268 e. The van der Waals surface area contributed by atoms with Crippen LogP contribution in [0.25, 0.3) is 0 Å². The number of quaternary nitrogens is 1. The quantitative estimate of drug-likeness (QED) is 0.0272. The first kappa shape index (κ1) is 63.5. The summed E-state index contributed by atoms with van der Waals surface area (Å²) < 4.78 is 23.3. The fourth-order valence-electron chi connectivity index (χ4n) is 7.91. The molecule has 0 spiro atoms. The number of hydrogen-bond donors (Lipinski definition) is 2. The van der Waals surface area contributed by atoms with Crippen molar-refractivity contribution in [2.75, 3.05) is 40.9 Å². The summed E-state index contributed by atoms with van der Waals surface area (Å²) in [5.74, 6) is -0.221. The van der Waals surface area contributed by atoms with E-state index >= 15 is 0 Å². The van der Waals surface area contributed by atoms with E-state index in [4.69, 9.17) is 9.05 Å². The minimum absolute atomic E-state index is 0.0102. The van der Waals surface area contributed by atoms with Gasteiger partial charge in [0.1, 0.15) is 13.2 Å². The highest BCUT2D eigenvalue weighted by Crippen LogP contribution is 2.38. The minimum atomic E-state index is -4.61. The van der Waals surface area contributed by atoms with E-state index in [1.807, 2.05) is 27.2 Å². The van der Waals surface area contributed by atoms with Crippen LogP contribution >= 0.6 is 7.82 Å². The lowest BCUT2D eigenvalue weighted by molar-refractivity contribution is -0.870. The Labute approximate surface area is 403 Å². The summed E-state index contributed by atoms with van der Waals surface area (Å²) in [6.07, 6.45) is 61.9. The molecule has 65 heavy (non-hydrogen) atoms. The number of carbonyl (C=O) groups excluding carboxylic acids is 1. The number of phosphoric acid groups is 1. The van der Waals surface area contributed by atoms with E-state index in [9.17, 15) is 19.4 Å². The standard InChI is InChI=1S/C56H107N2O6P/c1-6-8-10-12-14-16-18-20-22-23-24-25-26-27-28-29-30-31-32-33-34-36-37-39-41-43-45-47-49-55(59)54(53-64-65(61,62)63-52-51-58(3,4)5)57-56(60)50-48-46-44-42-40-38-35-21-19-17-15-13-11-9-7-2/h15,17,21,35,39,41,47,49,54-55,59H,6-14,16,18-20,22-34,36-38,40,42-46,48,50-53H2,1-5H3,(H-,57,60,61,62)/b17-15-,35-21-,41-39+,49-47+. The van der Waals surface area contributed by atoms with Crippen LogP contribution in [0.5, 0.6) is 0 Å². The third-order valence-corrected chi connectivity index (χ3v) is 13.2. The lowest BCUT2D eigenvalue weighted by Crippen LogP contribution is -2.45. The van der Waals surface area contributed by atoms with Crippen LogP contribution in [0, 0.1) is 0 Å². The maximum atomic E-state index is 12.9. The van der Waals surface area contributed by atoms with Crippen molar-refractivity contribution in [1.82, 2.24) is 5.32 Å². The number of nitrogens with zero attached hydrogens (tertiary/aromatic N) is 1. The molecule has 9 heteroatoms. The zero-order valence-electron chi connectivity index (χ0n) is 43.4. The predicted octanol–water partition coefficient (Wildman–Crippen LogP) is 15.7. The van der Waals surface area contributed by atoms with Gasteiger partial charge in [0.15, 0.2) is 0 Å². The predicted molar refractivity (Wildman–Crippen MR) is 279 cm³/mol. The highest BCUT2D eigenvalue weighted by Gasteiger charge is 2.23.